The Bertz CT molecular complexity index is 1380. The SMILES string of the molecule is CC(C)CN(Cc1cccc(-c2ccc3ncnc(N4CCOCC4)c3c2)c1)C(=O)c1ccc(Cl)cc1. The van der Waals surface area contributed by atoms with Crippen LogP contribution in [0.4, 0.5) is 5.82 Å². The van der Waals surface area contributed by atoms with Crippen molar-refractivity contribution >= 4 is 34.2 Å². The number of hydrogen-bond acceptors (Lipinski definition) is 5. The second-order valence-corrected chi connectivity index (χ2v) is 10.3. The number of carbonyl (C=O) groups excluding carboxylic acids is 1. The molecule has 2 heterocycles. The minimum atomic E-state index is 0.00813. The molecule has 1 aromatic heterocycles. The van der Waals surface area contributed by atoms with Crippen molar-refractivity contribution in [2.75, 3.05) is 37.7 Å². The fourth-order valence-corrected chi connectivity index (χ4v) is 4.88. The molecule has 1 saturated heterocycles. The second kappa shape index (κ2) is 11.3. The highest BCUT2D eigenvalue weighted by Gasteiger charge is 2.19. The van der Waals surface area contributed by atoms with E-state index in [1.54, 1.807) is 30.6 Å². The average molecular weight is 515 g/mol. The molecule has 37 heavy (non-hydrogen) atoms. The Balaban J connectivity index is 1.44. The van der Waals surface area contributed by atoms with Crippen molar-refractivity contribution in [1.29, 1.82) is 0 Å². The van der Waals surface area contributed by atoms with E-state index in [0.717, 1.165) is 46.5 Å². The van der Waals surface area contributed by atoms with E-state index in [0.29, 0.717) is 42.8 Å². The number of benzene rings is 3. The number of carbonyl (C=O) groups is 1. The topological polar surface area (TPSA) is 58.6 Å². The first-order valence-corrected chi connectivity index (χ1v) is 13.1. The minimum absolute atomic E-state index is 0.00813. The Hall–Kier alpha value is -3.48. The number of anilines is 1. The van der Waals surface area contributed by atoms with Gasteiger partial charge in [0.15, 0.2) is 0 Å². The first kappa shape index (κ1) is 25.2. The first-order chi connectivity index (χ1) is 18.0. The van der Waals surface area contributed by atoms with Crippen molar-refractivity contribution in [3.8, 4) is 11.1 Å². The van der Waals surface area contributed by atoms with Gasteiger partial charge in [0.1, 0.15) is 12.1 Å². The maximum atomic E-state index is 13.3. The third-order valence-electron chi connectivity index (χ3n) is 6.52. The highest BCUT2D eigenvalue weighted by molar-refractivity contribution is 6.30. The molecule has 0 atom stereocenters. The summed E-state index contributed by atoms with van der Waals surface area (Å²) in [6.07, 6.45) is 1.63. The van der Waals surface area contributed by atoms with Crippen LogP contribution in [0.3, 0.4) is 0 Å². The van der Waals surface area contributed by atoms with E-state index in [1.807, 2.05) is 4.90 Å². The summed E-state index contributed by atoms with van der Waals surface area (Å²) in [5.74, 6) is 1.30. The van der Waals surface area contributed by atoms with E-state index in [1.165, 1.54) is 0 Å². The largest absolute Gasteiger partial charge is 0.378 e. The third-order valence-corrected chi connectivity index (χ3v) is 6.77. The molecule has 0 bridgehead atoms. The van der Waals surface area contributed by atoms with Crippen LogP contribution in [-0.2, 0) is 11.3 Å². The normalized spacial score (nSPS) is 13.8. The highest BCUT2D eigenvalue weighted by atomic mass is 35.5. The first-order valence-electron chi connectivity index (χ1n) is 12.7. The standard InChI is InChI=1S/C30H31ClN4O2/c1-21(2)18-35(30(36)23-6-9-26(31)10-7-23)19-22-4-3-5-24(16-22)25-8-11-28-27(17-25)29(33-20-32-28)34-12-14-37-15-13-34/h3-11,16-17,20-21H,12-15,18-19H2,1-2H3. The van der Waals surface area contributed by atoms with E-state index in [-0.39, 0.29) is 5.91 Å². The number of morpholine rings is 1. The van der Waals surface area contributed by atoms with Gasteiger partial charge < -0.3 is 14.5 Å². The van der Waals surface area contributed by atoms with Gasteiger partial charge in [-0.1, -0.05) is 49.7 Å². The summed E-state index contributed by atoms with van der Waals surface area (Å²) in [6, 6.07) is 21.8. The lowest BCUT2D eigenvalue weighted by Gasteiger charge is -2.28. The molecule has 0 aliphatic carbocycles. The van der Waals surface area contributed by atoms with Crippen molar-refractivity contribution in [3.63, 3.8) is 0 Å². The molecule has 1 amide bonds. The van der Waals surface area contributed by atoms with Gasteiger partial charge in [0.05, 0.1) is 18.7 Å². The smallest absolute Gasteiger partial charge is 0.254 e. The van der Waals surface area contributed by atoms with Crippen LogP contribution in [0.1, 0.15) is 29.8 Å². The van der Waals surface area contributed by atoms with Crippen LogP contribution in [0.15, 0.2) is 73.1 Å². The van der Waals surface area contributed by atoms with Gasteiger partial charge in [-0.25, -0.2) is 9.97 Å². The molecule has 1 fully saturated rings. The molecule has 4 aromatic rings. The quantitative estimate of drug-likeness (QED) is 0.299. The Morgan fingerprint density at radius 3 is 2.51 bits per heavy atom. The maximum absolute atomic E-state index is 13.3. The molecule has 0 saturated carbocycles. The summed E-state index contributed by atoms with van der Waals surface area (Å²) in [6.45, 7) is 8.50. The fourth-order valence-electron chi connectivity index (χ4n) is 4.75. The summed E-state index contributed by atoms with van der Waals surface area (Å²) >= 11 is 6.03. The van der Waals surface area contributed by atoms with Gasteiger partial charge in [-0.3, -0.25) is 4.79 Å². The number of aromatic nitrogens is 2. The molecule has 6 nitrogen and oxygen atoms in total. The number of amides is 1. The van der Waals surface area contributed by atoms with Crippen LogP contribution >= 0.6 is 11.6 Å². The van der Waals surface area contributed by atoms with Crippen molar-refractivity contribution in [2.24, 2.45) is 5.92 Å². The highest BCUT2D eigenvalue weighted by Crippen LogP contribution is 2.30. The third kappa shape index (κ3) is 5.92. The molecular weight excluding hydrogens is 484 g/mol. The van der Waals surface area contributed by atoms with E-state index in [9.17, 15) is 4.79 Å². The van der Waals surface area contributed by atoms with Gasteiger partial charge in [0, 0.05) is 42.2 Å². The minimum Gasteiger partial charge on any atom is -0.378 e. The van der Waals surface area contributed by atoms with Crippen LogP contribution < -0.4 is 4.90 Å². The van der Waals surface area contributed by atoms with Crippen molar-refractivity contribution < 1.29 is 9.53 Å². The summed E-state index contributed by atoms with van der Waals surface area (Å²) in [7, 11) is 0. The predicted molar refractivity (Wildman–Crippen MR) is 149 cm³/mol. The Kier molecular flexibility index (Phi) is 7.68. The fraction of sp³-hybridized carbons (Fsp3) is 0.300. The Morgan fingerprint density at radius 2 is 1.76 bits per heavy atom. The number of ether oxygens (including phenoxy) is 1. The molecular formula is C30H31ClN4O2. The van der Waals surface area contributed by atoms with Crippen LogP contribution in [0.5, 0.6) is 0 Å². The maximum Gasteiger partial charge on any atom is 0.254 e. The second-order valence-electron chi connectivity index (χ2n) is 9.82. The number of halogens is 1. The van der Waals surface area contributed by atoms with E-state index in [2.05, 4.69) is 71.2 Å². The number of rotatable bonds is 7. The Labute approximate surface area is 222 Å². The molecule has 1 aliphatic heterocycles. The zero-order valence-electron chi connectivity index (χ0n) is 21.2. The molecule has 0 spiro atoms. The summed E-state index contributed by atoms with van der Waals surface area (Å²) in [5.41, 5.74) is 4.84. The Morgan fingerprint density at radius 1 is 1.00 bits per heavy atom. The molecule has 7 heteroatoms. The summed E-state index contributed by atoms with van der Waals surface area (Å²) < 4.78 is 5.53. The van der Waals surface area contributed by atoms with Crippen LogP contribution in [-0.4, -0.2) is 53.6 Å². The van der Waals surface area contributed by atoms with Crippen molar-refractivity contribution in [2.45, 2.75) is 20.4 Å². The van der Waals surface area contributed by atoms with Crippen LogP contribution in [0.2, 0.25) is 5.02 Å². The van der Waals surface area contributed by atoms with Crippen LogP contribution in [0, 0.1) is 5.92 Å². The lowest BCUT2D eigenvalue weighted by Crippen LogP contribution is -2.36. The summed E-state index contributed by atoms with van der Waals surface area (Å²) in [5, 5.41) is 1.66. The van der Waals surface area contributed by atoms with Gasteiger partial charge in [0.25, 0.3) is 5.91 Å². The predicted octanol–water partition coefficient (Wildman–Crippen LogP) is 6.09. The van der Waals surface area contributed by atoms with Gasteiger partial charge in [0.2, 0.25) is 0 Å². The van der Waals surface area contributed by atoms with E-state index in [4.69, 9.17) is 16.3 Å². The van der Waals surface area contributed by atoms with Gasteiger partial charge in [-0.2, -0.15) is 0 Å². The molecule has 3 aromatic carbocycles. The molecule has 190 valence electrons. The van der Waals surface area contributed by atoms with Crippen molar-refractivity contribution in [3.05, 3.63) is 89.2 Å². The van der Waals surface area contributed by atoms with E-state index < -0.39 is 0 Å². The molecule has 0 unspecified atom stereocenters. The van der Waals surface area contributed by atoms with Crippen LogP contribution in [0.25, 0.3) is 22.0 Å². The summed E-state index contributed by atoms with van der Waals surface area (Å²) in [4.78, 5) is 26.6. The molecule has 1 aliphatic rings. The van der Waals surface area contributed by atoms with Gasteiger partial charge >= 0.3 is 0 Å². The molecule has 0 radical (unpaired) electrons. The number of nitrogens with zero attached hydrogens (tertiary/aromatic N) is 4. The lowest BCUT2D eigenvalue weighted by atomic mass is 10.0. The molecule has 0 N–H and O–H groups in total. The van der Waals surface area contributed by atoms with Crippen molar-refractivity contribution in [1.82, 2.24) is 14.9 Å². The number of hydrogen-bond donors (Lipinski definition) is 0. The van der Waals surface area contributed by atoms with Gasteiger partial charge in [-0.15, -0.1) is 0 Å². The molecule has 5 rings (SSSR count). The zero-order valence-corrected chi connectivity index (χ0v) is 22.0. The van der Waals surface area contributed by atoms with Gasteiger partial charge in [-0.05, 0) is 65.1 Å². The number of fused-ring (bicyclic) bond motifs is 1. The zero-order chi connectivity index (χ0) is 25.8. The van der Waals surface area contributed by atoms with E-state index >= 15 is 0 Å². The monoisotopic (exact) mass is 514 g/mol. The lowest BCUT2D eigenvalue weighted by molar-refractivity contribution is 0.0722. The average Bonchev–Trinajstić information content (AvgIpc) is 2.92.